The molecule has 0 amide bonds. The number of hydrogen-bond acceptors (Lipinski definition) is 3. The van der Waals surface area contributed by atoms with Gasteiger partial charge in [0, 0.05) is 5.22 Å². The molecule has 0 N–H and O–H groups in total. The van der Waals surface area contributed by atoms with Crippen LogP contribution in [0.1, 0.15) is 0 Å². The number of cyclic esters (lactones) is 1. The zero-order valence-corrected chi connectivity index (χ0v) is 7.56. The van der Waals surface area contributed by atoms with E-state index in [9.17, 15) is 4.79 Å². The van der Waals surface area contributed by atoms with Gasteiger partial charge in [0.1, 0.15) is 12.5 Å². The van der Waals surface area contributed by atoms with Crippen LogP contribution in [0.2, 0.25) is 0 Å². The maximum absolute atomic E-state index is 11.3. The highest BCUT2D eigenvalue weighted by molar-refractivity contribution is 5.88. The third kappa shape index (κ3) is 0.923. The van der Waals surface area contributed by atoms with Crippen molar-refractivity contribution in [1.82, 2.24) is 0 Å². The van der Waals surface area contributed by atoms with Gasteiger partial charge in [-0.2, -0.15) is 0 Å². The van der Waals surface area contributed by atoms with Crippen molar-refractivity contribution >= 4 is 11.5 Å². The Hall–Kier alpha value is -1.64. The zero-order chi connectivity index (χ0) is 9.54. The van der Waals surface area contributed by atoms with Gasteiger partial charge in [0.15, 0.2) is 0 Å². The highest BCUT2D eigenvalue weighted by Crippen LogP contribution is 2.22. The number of benzene rings is 1. The Kier molecular flexibility index (Phi) is 1.48. The summed E-state index contributed by atoms with van der Waals surface area (Å²) in [6, 6.07) is 7.90. The van der Waals surface area contributed by atoms with Gasteiger partial charge in [-0.05, 0) is 11.6 Å². The molecule has 2 aliphatic heterocycles. The van der Waals surface area contributed by atoms with Crippen LogP contribution in [0.5, 0.6) is 0 Å². The monoisotopic (exact) mass is 187 g/mol. The number of para-hydroxylation sites is 1. The predicted molar refractivity (Wildman–Crippen MR) is 49.9 cm³/mol. The Morgan fingerprint density at radius 1 is 1.36 bits per heavy atom. The lowest BCUT2D eigenvalue weighted by atomic mass is 9.97. The molecule has 1 fully saturated rings. The number of esters is 1. The molecule has 1 aromatic carbocycles. The van der Waals surface area contributed by atoms with Crippen molar-refractivity contribution in [3.8, 4) is 0 Å². The molecule has 3 heteroatoms. The predicted octanol–water partition coefficient (Wildman–Crippen LogP) is -0.357. The van der Waals surface area contributed by atoms with Gasteiger partial charge in [-0.15, -0.1) is 0 Å². The summed E-state index contributed by atoms with van der Waals surface area (Å²) in [5, 5.41) is 2.06. The minimum Gasteiger partial charge on any atom is -0.461 e. The summed E-state index contributed by atoms with van der Waals surface area (Å²) >= 11 is 0. The van der Waals surface area contributed by atoms with Crippen LogP contribution in [0.3, 0.4) is 0 Å². The van der Waals surface area contributed by atoms with E-state index in [4.69, 9.17) is 4.74 Å². The normalized spacial score (nSPS) is 23.6. The second-order valence-electron chi connectivity index (χ2n) is 3.54. The summed E-state index contributed by atoms with van der Waals surface area (Å²) in [6.45, 7) is 0.987. The molecule has 0 aliphatic carbocycles. The van der Waals surface area contributed by atoms with Crippen molar-refractivity contribution in [1.29, 1.82) is 0 Å². The molecular formula is C11H9NO2. The largest absolute Gasteiger partial charge is 0.461 e. The Bertz CT molecular complexity index is 518. The molecule has 2 aliphatic rings. The van der Waals surface area contributed by atoms with Gasteiger partial charge in [-0.1, -0.05) is 18.2 Å². The molecule has 2 heterocycles. The molecule has 1 atom stereocenters. The molecule has 3 rings (SSSR count). The van der Waals surface area contributed by atoms with E-state index in [1.54, 1.807) is 0 Å². The fourth-order valence-corrected chi connectivity index (χ4v) is 2.02. The third-order valence-corrected chi connectivity index (χ3v) is 2.77. The quantitative estimate of drug-likeness (QED) is 0.520. The Morgan fingerprint density at radius 3 is 3.14 bits per heavy atom. The molecule has 0 saturated carbocycles. The van der Waals surface area contributed by atoms with E-state index >= 15 is 0 Å². The van der Waals surface area contributed by atoms with Crippen molar-refractivity contribution in [3.63, 3.8) is 0 Å². The SMILES string of the molecule is O=C1OCC2=c3ccccc3=NCC12. The first-order chi connectivity index (χ1) is 6.86. The molecule has 14 heavy (non-hydrogen) atoms. The summed E-state index contributed by atoms with van der Waals surface area (Å²) in [4.78, 5) is 15.7. The number of rotatable bonds is 0. The third-order valence-electron chi connectivity index (χ3n) is 2.77. The van der Waals surface area contributed by atoms with Crippen molar-refractivity contribution in [3.05, 3.63) is 34.8 Å². The van der Waals surface area contributed by atoms with Gasteiger partial charge < -0.3 is 4.74 Å². The maximum atomic E-state index is 11.3. The zero-order valence-electron chi connectivity index (χ0n) is 7.56. The maximum Gasteiger partial charge on any atom is 0.315 e. The number of carbonyl (C=O) groups excluding carboxylic acids is 1. The molecule has 70 valence electrons. The lowest BCUT2D eigenvalue weighted by Crippen LogP contribution is -2.35. The second-order valence-corrected chi connectivity index (χ2v) is 3.54. The number of hydrogen-bond donors (Lipinski definition) is 0. The Morgan fingerprint density at radius 2 is 2.21 bits per heavy atom. The van der Waals surface area contributed by atoms with Crippen LogP contribution in [0.15, 0.2) is 29.3 Å². The standard InChI is InChI=1S/C11H9NO2/c13-11-8-5-12-10-4-2-1-3-7(10)9(8)6-14-11/h1-4,8H,5-6H2. The summed E-state index contributed by atoms with van der Waals surface area (Å²) in [7, 11) is 0. The molecular weight excluding hydrogens is 178 g/mol. The highest BCUT2D eigenvalue weighted by atomic mass is 16.5. The van der Waals surface area contributed by atoms with Crippen LogP contribution in [0.4, 0.5) is 0 Å². The van der Waals surface area contributed by atoms with Crippen LogP contribution in [-0.2, 0) is 9.53 Å². The number of nitrogens with zero attached hydrogens (tertiary/aromatic N) is 1. The van der Waals surface area contributed by atoms with E-state index < -0.39 is 0 Å². The van der Waals surface area contributed by atoms with Gasteiger partial charge >= 0.3 is 5.97 Å². The van der Waals surface area contributed by atoms with Crippen molar-refractivity contribution < 1.29 is 9.53 Å². The van der Waals surface area contributed by atoms with Crippen molar-refractivity contribution in [2.75, 3.05) is 13.2 Å². The first-order valence-corrected chi connectivity index (χ1v) is 4.65. The van der Waals surface area contributed by atoms with E-state index in [1.807, 2.05) is 24.3 Å². The van der Waals surface area contributed by atoms with E-state index in [1.165, 1.54) is 0 Å². The summed E-state index contributed by atoms with van der Waals surface area (Å²) in [5.41, 5.74) is 1.10. The smallest absolute Gasteiger partial charge is 0.315 e. The van der Waals surface area contributed by atoms with E-state index in [-0.39, 0.29) is 11.9 Å². The fraction of sp³-hybridized carbons (Fsp3) is 0.273. The molecule has 0 bridgehead atoms. The van der Waals surface area contributed by atoms with Gasteiger partial charge in [0.2, 0.25) is 0 Å². The number of carbonyl (C=O) groups is 1. The van der Waals surface area contributed by atoms with Crippen LogP contribution in [0, 0.1) is 5.92 Å². The second kappa shape index (κ2) is 2.67. The van der Waals surface area contributed by atoms with Gasteiger partial charge in [-0.3, -0.25) is 9.79 Å². The Balaban J connectivity index is 2.36. The molecule has 0 aromatic heterocycles. The van der Waals surface area contributed by atoms with Crippen LogP contribution < -0.4 is 10.6 Å². The first kappa shape index (κ1) is 7.74. The summed E-state index contributed by atoms with van der Waals surface area (Å²) < 4.78 is 5.02. The minimum atomic E-state index is -0.127. The van der Waals surface area contributed by atoms with Gasteiger partial charge in [0.05, 0.1) is 11.9 Å². The number of fused-ring (bicyclic) bond motifs is 2. The van der Waals surface area contributed by atoms with Gasteiger partial charge in [0.25, 0.3) is 0 Å². The molecule has 0 spiro atoms. The van der Waals surface area contributed by atoms with E-state index in [0.717, 1.165) is 16.1 Å². The van der Waals surface area contributed by atoms with Crippen molar-refractivity contribution in [2.45, 2.75) is 0 Å². The lowest BCUT2D eigenvalue weighted by molar-refractivity contribution is -0.140. The topological polar surface area (TPSA) is 38.7 Å². The number of ether oxygens (including phenoxy) is 1. The Labute approximate surface area is 80.7 Å². The van der Waals surface area contributed by atoms with E-state index in [0.29, 0.717) is 13.2 Å². The first-order valence-electron chi connectivity index (χ1n) is 4.65. The molecule has 0 radical (unpaired) electrons. The highest BCUT2D eigenvalue weighted by Gasteiger charge is 2.33. The van der Waals surface area contributed by atoms with Crippen LogP contribution in [0.25, 0.3) is 5.57 Å². The molecule has 1 saturated heterocycles. The summed E-state index contributed by atoms with van der Waals surface area (Å²) in [5.74, 6) is -0.247. The summed E-state index contributed by atoms with van der Waals surface area (Å²) in [6.07, 6.45) is 0. The van der Waals surface area contributed by atoms with E-state index in [2.05, 4.69) is 4.99 Å². The average Bonchev–Trinajstić information content (AvgIpc) is 2.61. The molecule has 1 unspecified atom stereocenters. The molecule has 3 nitrogen and oxygen atoms in total. The van der Waals surface area contributed by atoms with Crippen LogP contribution in [-0.4, -0.2) is 19.1 Å². The average molecular weight is 187 g/mol. The van der Waals surface area contributed by atoms with Crippen molar-refractivity contribution in [2.24, 2.45) is 10.9 Å². The minimum absolute atomic E-state index is 0.120. The molecule has 1 aromatic rings. The fourth-order valence-electron chi connectivity index (χ4n) is 2.02. The van der Waals surface area contributed by atoms with Gasteiger partial charge in [-0.25, -0.2) is 0 Å². The lowest BCUT2D eigenvalue weighted by Gasteiger charge is -2.08. The van der Waals surface area contributed by atoms with Crippen LogP contribution >= 0.6 is 0 Å².